The number of carbonyl (C=O) groups is 1. The van der Waals surface area contributed by atoms with E-state index in [2.05, 4.69) is 10.1 Å². The minimum absolute atomic E-state index is 0.0276. The van der Waals surface area contributed by atoms with Gasteiger partial charge in [-0.25, -0.2) is 0 Å². The first kappa shape index (κ1) is 20.8. The smallest absolute Gasteiger partial charge is 0.406 e. The van der Waals surface area contributed by atoms with Gasteiger partial charge in [0.25, 0.3) is 0 Å². The highest BCUT2D eigenvalue weighted by molar-refractivity contribution is 7.95. The lowest BCUT2D eigenvalue weighted by atomic mass is 9.98. The second-order valence-corrected chi connectivity index (χ2v) is 8.91. The summed E-state index contributed by atoms with van der Waals surface area (Å²) in [5.41, 5.74) is 0. The standard InChI is InChI=1S/C18H21F3N2O4S/c19-18(20,21)27-15-4-6-16(7-5-15)28(25,26)23-11-9-13(10-12-23)1-8-17(24)22-14-2-3-14/h1,4-8,13-14H,2-3,9-12H2,(H-,22,24,25,26)/p+1/b8-1+. The van der Waals surface area contributed by atoms with Gasteiger partial charge in [0.15, 0.2) is 0 Å². The molecular weight excluding hydrogens is 397 g/mol. The number of hydrogen-bond acceptors (Lipinski definition) is 3. The number of amides is 1. The van der Waals surface area contributed by atoms with E-state index in [1.807, 2.05) is 6.08 Å². The first-order valence-electron chi connectivity index (χ1n) is 9.00. The quantitative estimate of drug-likeness (QED) is 0.547. The number of hydrogen-bond donors (Lipinski definition) is 2. The van der Waals surface area contributed by atoms with E-state index in [0.717, 1.165) is 37.1 Å². The van der Waals surface area contributed by atoms with Crippen LogP contribution in [0.3, 0.4) is 0 Å². The summed E-state index contributed by atoms with van der Waals surface area (Å²) >= 11 is 0. The lowest BCUT2D eigenvalue weighted by Gasteiger charge is -2.27. The van der Waals surface area contributed by atoms with Crippen molar-refractivity contribution in [3.63, 3.8) is 0 Å². The van der Waals surface area contributed by atoms with Crippen molar-refractivity contribution in [3.05, 3.63) is 36.4 Å². The van der Waals surface area contributed by atoms with Crippen LogP contribution in [0.25, 0.3) is 0 Å². The Morgan fingerprint density at radius 2 is 1.79 bits per heavy atom. The highest BCUT2D eigenvalue weighted by Crippen LogP contribution is 2.30. The van der Waals surface area contributed by atoms with Crippen LogP contribution in [0.15, 0.2) is 41.3 Å². The highest BCUT2D eigenvalue weighted by Gasteiger charge is 2.40. The van der Waals surface area contributed by atoms with Crippen LogP contribution >= 0.6 is 0 Å². The molecule has 1 saturated carbocycles. The van der Waals surface area contributed by atoms with Crippen LogP contribution in [0.1, 0.15) is 25.7 Å². The molecule has 1 aliphatic carbocycles. The number of allylic oxidation sites excluding steroid dienone is 1. The third-order valence-electron chi connectivity index (χ3n) is 4.66. The lowest BCUT2D eigenvalue weighted by Crippen LogP contribution is -2.41. The van der Waals surface area contributed by atoms with Gasteiger partial charge in [0.1, 0.15) is 5.75 Å². The minimum Gasteiger partial charge on any atom is -0.406 e. The molecular formula is C18H22F3N2O4S+. The number of halogens is 3. The van der Waals surface area contributed by atoms with Gasteiger partial charge in [-0.1, -0.05) is 10.4 Å². The Bertz CT molecular complexity index is 770. The van der Waals surface area contributed by atoms with Gasteiger partial charge >= 0.3 is 16.8 Å². The number of carbonyl (C=O) groups excluding carboxylic acids is 1. The molecule has 2 fully saturated rings. The molecule has 1 aromatic carbocycles. The van der Waals surface area contributed by atoms with Gasteiger partial charge in [-0.3, -0.25) is 4.79 Å². The number of piperidine rings is 1. The van der Waals surface area contributed by atoms with Crippen molar-refractivity contribution in [1.29, 1.82) is 0 Å². The number of alkyl halides is 3. The molecule has 0 bridgehead atoms. The SMILES string of the molecule is O=C(/C=C/C1CCN([S+](=O)(O)c2ccc(OC(F)(F)F)cc2)CC1)NC1CC1. The molecule has 0 aromatic heterocycles. The topological polar surface area (TPSA) is 78.9 Å². The van der Waals surface area contributed by atoms with Gasteiger partial charge in [-0.2, -0.15) is 4.55 Å². The van der Waals surface area contributed by atoms with E-state index >= 15 is 0 Å². The van der Waals surface area contributed by atoms with Gasteiger partial charge in [0.05, 0.1) is 0 Å². The molecule has 0 radical (unpaired) electrons. The van der Waals surface area contributed by atoms with E-state index < -0.39 is 22.5 Å². The molecule has 1 atom stereocenters. The largest absolute Gasteiger partial charge is 0.573 e. The summed E-state index contributed by atoms with van der Waals surface area (Å²) in [4.78, 5) is 11.7. The predicted octanol–water partition coefficient (Wildman–Crippen LogP) is 3.38. The van der Waals surface area contributed by atoms with Crippen LogP contribution in [0, 0.1) is 5.92 Å². The Kier molecular flexibility index (Phi) is 6.11. The van der Waals surface area contributed by atoms with Crippen molar-refractivity contribution in [3.8, 4) is 5.75 Å². The zero-order chi connectivity index (χ0) is 20.4. The summed E-state index contributed by atoms with van der Waals surface area (Å²) in [5.74, 6) is -0.421. The molecule has 1 aromatic rings. The number of nitrogens with one attached hydrogen (secondary N) is 1. The van der Waals surface area contributed by atoms with Crippen LogP contribution in [0.4, 0.5) is 13.2 Å². The molecule has 1 aliphatic heterocycles. The number of nitrogens with zero attached hydrogens (tertiary/aromatic N) is 1. The van der Waals surface area contributed by atoms with Crippen LogP contribution in [-0.4, -0.2) is 40.3 Å². The summed E-state index contributed by atoms with van der Waals surface area (Å²) in [6.07, 6.45) is 1.80. The first-order valence-corrected chi connectivity index (χ1v) is 10.5. The van der Waals surface area contributed by atoms with Crippen molar-refractivity contribution in [2.45, 2.75) is 43.0 Å². The Morgan fingerprint density at radius 3 is 2.32 bits per heavy atom. The maximum Gasteiger partial charge on any atom is 0.573 e. The molecule has 154 valence electrons. The molecule has 2 N–H and O–H groups in total. The Labute approximate surface area is 162 Å². The molecule has 0 spiro atoms. The van der Waals surface area contributed by atoms with Crippen LogP contribution < -0.4 is 10.1 Å². The molecule has 3 rings (SSSR count). The Balaban J connectivity index is 1.54. The fourth-order valence-corrected chi connectivity index (χ4v) is 4.48. The fraction of sp³-hybridized carbons (Fsp3) is 0.500. The molecule has 2 aliphatic rings. The van der Waals surface area contributed by atoms with Gasteiger partial charge in [-0.05, 0) is 54.0 Å². The molecule has 10 heteroatoms. The third-order valence-corrected chi connectivity index (χ3v) is 6.61. The normalized spacial score (nSPS) is 21.4. The predicted molar refractivity (Wildman–Crippen MR) is 96.7 cm³/mol. The monoisotopic (exact) mass is 419 g/mol. The Hall–Kier alpha value is -1.91. The second kappa shape index (κ2) is 8.22. The summed E-state index contributed by atoms with van der Waals surface area (Å²) in [6, 6.07) is 4.67. The van der Waals surface area contributed by atoms with Crippen LogP contribution in [-0.2, 0) is 19.4 Å². The fourth-order valence-electron chi connectivity index (χ4n) is 2.98. The summed E-state index contributed by atoms with van der Waals surface area (Å²) < 4.78 is 65.1. The summed E-state index contributed by atoms with van der Waals surface area (Å²) in [5, 5.41) is 2.86. The van der Waals surface area contributed by atoms with Gasteiger partial charge < -0.3 is 10.1 Å². The Morgan fingerprint density at radius 1 is 1.18 bits per heavy atom. The van der Waals surface area contributed by atoms with Gasteiger partial charge in [0.2, 0.25) is 10.8 Å². The molecule has 6 nitrogen and oxygen atoms in total. The van der Waals surface area contributed by atoms with E-state index in [0.29, 0.717) is 32.0 Å². The summed E-state index contributed by atoms with van der Waals surface area (Å²) in [6.45, 7) is 0.685. The maximum atomic E-state index is 12.8. The zero-order valence-corrected chi connectivity index (χ0v) is 15.8. The number of rotatable bonds is 6. The maximum absolute atomic E-state index is 12.8. The van der Waals surface area contributed by atoms with Gasteiger partial charge in [-0.15, -0.1) is 13.2 Å². The molecule has 1 saturated heterocycles. The molecule has 1 heterocycles. The third kappa shape index (κ3) is 5.79. The van der Waals surface area contributed by atoms with E-state index in [4.69, 9.17) is 0 Å². The van der Waals surface area contributed by atoms with Gasteiger partial charge in [0, 0.05) is 31.3 Å². The highest BCUT2D eigenvalue weighted by atomic mass is 32.3. The van der Waals surface area contributed by atoms with Crippen molar-refractivity contribution in [2.75, 3.05) is 13.1 Å². The number of benzene rings is 1. The van der Waals surface area contributed by atoms with E-state index in [-0.39, 0.29) is 16.7 Å². The average molecular weight is 419 g/mol. The van der Waals surface area contributed by atoms with Crippen LogP contribution in [0.2, 0.25) is 0 Å². The van der Waals surface area contributed by atoms with Crippen molar-refractivity contribution in [1.82, 2.24) is 9.62 Å². The average Bonchev–Trinajstić information content (AvgIpc) is 3.43. The number of ether oxygens (including phenoxy) is 1. The van der Waals surface area contributed by atoms with Crippen molar-refractivity contribution >= 4 is 16.3 Å². The van der Waals surface area contributed by atoms with Crippen molar-refractivity contribution < 1.29 is 31.5 Å². The van der Waals surface area contributed by atoms with Crippen LogP contribution in [0.5, 0.6) is 5.75 Å². The zero-order valence-electron chi connectivity index (χ0n) is 15.0. The minimum atomic E-state index is -4.81. The lowest BCUT2D eigenvalue weighted by molar-refractivity contribution is -0.274. The molecule has 1 amide bonds. The van der Waals surface area contributed by atoms with Crippen molar-refractivity contribution in [2.24, 2.45) is 5.92 Å². The van der Waals surface area contributed by atoms with E-state index in [1.54, 1.807) is 0 Å². The second-order valence-electron chi connectivity index (χ2n) is 6.92. The molecule has 28 heavy (non-hydrogen) atoms. The first-order chi connectivity index (χ1) is 13.1. The summed E-state index contributed by atoms with van der Waals surface area (Å²) in [7, 11) is -3.54. The van der Waals surface area contributed by atoms with E-state index in [9.17, 15) is 26.7 Å². The molecule has 1 unspecified atom stereocenters. The van der Waals surface area contributed by atoms with E-state index in [1.165, 1.54) is 10.4 Å².